The van der Waals surface area contributed by atoms with Gasteiger partial charge in [0, 0.05) is 17.5 Å². The molecule has 2 unspecified atom stereocenters. The minimum absolute atomic E-state index is 0.106. The van der Waals surface area contributed by atoms with Crippen molar-refractivity contribution in [3.63, 3.8) is 0 Å². The van der Waals surface area contributed by atoms with Crippen molar-refractivity contribution in [3.8, 4) is 6.07 Å². The predicted octanol–water partition coefficient (Wildman–Crippen LogP) is 2.84. The molecule has 0 radical (unpaired) electrons. The van der Waals surface area contributed by atoms with Gasteiger partial charge in [-0.1, -0.05) is 36.4 Å². The summed E-state index contributed by atoms with van der Waals surface area (Å²) in [7, 11) is 0. The second kappa shape index (κ2) is 5.18. The largest absolute Gasteiger partial charge is 0.349 e. The number of carbonyl (C=O) groups is 1. The number of hydrogen-bond donors (Lipinski definition) is 1. The van der Waals surface area contributed by atoms with Gasteiger partial charge in [0.15, 0.2) is 0 Å². The molecule has 2 aromatic carbocycles. The first-order valence-corrected chi connectivity index (χ1v) is 6.64. The number of carbonyl (C=O) groups excluding carboxylic acids is 1. The molecule has 0 aromatic heterocycles. The number of benzene rings is 2. The Morgan fingerprint density at radius 2 is 1.95 bits per heavy atom. The summed E-state index contributed by atoms with van der Waals surface area (Å²) < 4.78 is 0. The Labute approximate surface area is 117 Å². The first-order chi connectivity index (χ1) is 9.78. The van der Waals surface area contributed by atoms with E-state index >= 15 is 0 Å². The summed E-state index contributed by atoms with van der Waals surface area (Å²) in [6, 6.07) is 19.2. The third-order valence-corrected chi connectivity index (χ3v) is 3.59. The van der Waals surface area contributed by atoms with Gasteiger partial charge in [0.1, 0.15) is 0 Å². The van der Waals surface area contributed by atoms with E-state index in [1.165, 1.54) is 5.56 Å². The molecule has 1 N–H and O–H groups in total. The van der Waals surface area contributed by atoms with E-state index in [2.05, 4.69) is 17.4 Å². The molecule has 1 aliphatic rings. The molecule has 0 bridgehead atoms. The minimum Gasteiger partial charge on any atom is -0.349 e. The molecule has 0 saturated heterocycles. The zero-order valence-electron chi connectivity index (χ0n) is 10.9. The van der Waals surface area contributed by atoms with Crippen molar-refractivity contribution in [2.24, 2.45) is 0 Å². The maximum Gasteiger partial charge on any atom is 0.251 e. The van der Waals surface area contributed by atoms with Crippen LogP contribution in [-0.2, 0) is 0 Å². The molecule has 2 atom stereocenters. The molecule has 98 valence electrons. The summed E-state index contributed by atoms with van der Waals surface area (Å²) in [5.74, 6) is 0.310. The van der Waals surface area contributed by atoms with Gasteiger partial charge in [-0.2, -0.15) is 5.26 Å². The Hall–Kier alpha value is -2.60. The Morgan fingerprint density at radius 3 is 2.70 bits per heavy atom. The molecule has 0 heterocycles. The first-order valence-electron chi connectivity index (χ1n) is 6.64. The van der Waals surface area contributed by atoms with Crippen LogP contribution in [0.25, 0.3) is 0 Å². The highest BCUT2D eigenvalue weighted by atomic mass is 16.1. The van der Waals surface area contributed by atoms with Gasteiger partial charge in [-0.3, -0.25) is 4.79 Å². The molecular formula is C17H14N2O. The second-order valence-corrected chi connectivity index (χ2v) is 5.03. The van der Waals surface area contributed by atoms with Gasteiger partial charge in [-0.25, -0.2) is 0 Å². The molecule has 1 amide bonds. The van der Waals surface area contributed by atoms with Gasteiger partial charge in [0.2, 0.25) is 0 Å². The summed E-state index contributed by atoms with van der Waals surface area (Å²) in [6.45, 7) is 0. The van der Waals surface area contributed by atoms with Gasteiger partial charge in [-0.15, -0.1) is 0 Å². The third kappa shape index (κ3) is 2.55. The fourth-order valence-electron chi connectivity index (χ4n) is 2.40. The van der Waals surface area contributed by atoms with E-state index < -0.39 is 0 Å². The smallest absolute Gasteiger partial charge is 0.251 e. The van der Waals surface area contributed by atoms with E-state index in [1.54, 1.807) is 24.3 Å². The van der Waals surface area contributed by atoms with E-state index in [4.69, 9.17) is 5.26 Å². The molecule has 1 aliphatic carbocycles. The van der Waals surface area contributed by atoms with Crippen LogP contribution in [0.3, 0.4) is 0 Å². The number of nitrogens with zero attached hydrogens (tertiary/aromatic N) is 1. The average Bonchev–Trinajstić information content (AvgIpc) is 3.27. The lowest BCUT2D eigenvalue weighted by Crippen LogP contribution is -2.26. The van der Waals surface area contributed by atoms with Crippen LogP contribution in [0.15, 0.2) is 54.6 Å². The molecule has 3 rings (SSSR count). The van der Waals surface area contributed by atoms with Crippen molar-refractivity contribution in [1.82, 2.24) is 5.32 Å². The highest BCUT2D eigenvalue weighted by Crippen LogP contribution is 2.40. The van der Waals surface area contributed by atoms with Crippen LogP contribution < -0.4 is 5.32 Å². The molecule has 20 heavy (non-hydrogen) atoms. The van der Waals surface area contributed by atoms with E-state index in [-0.39, 0.29) is 11.9 Å². The molecule has 1 fully saturated rings. The first kappa shape index (κ1) is 12.4. The van der Waals surface area contributed by atoms with Crippen molar-refractivity contribution >= 4 is 5.91 Å². The Morgan fingerprint density at radius 1 is 1.15 bits per heavy atom. The summed E-state index contributed by atoms with van der Waals surface area (Å²) in [5, 5.41) is 11.9. The van der Waals surface area contributed by atoms with E-state index in [1.807, 2.05) is 24.3 Å². The summed E-state index contributed by atoms with van der Waals surface area (Å²) in [4.78, 5) is 12.1. The topological polar surface area (TPSA) is 52.9 Å². The van der Waals surface area contributed by atoms with E-state index in [0.29, 0.717) is 17.0 Å². The lowest BCUT2D eigenvalue weighted by molar-refractivity contribution is 0.0950. The third-order valence-electron chi connectivity index (χ3n) is 3.59. The van der Waals surface area contributed by atoms with Crippen LogP contribution in [0.5, 0.6) is 0 Å². The van der Waals surface area contributed by atoms with Crippen LogP contribution in [0.4, 0.5) is 0 Å². The Kier molecular flexibility index (Phi) is 3.22. The molecule has 2 aromatic rings. The van der Waals surface area contributed by atoms with Crippen LogP contribution in [0.2, 0.25) is 0 Å². The summed E-state index contributed by atoms with van der Waals surface area (Å²) >= 11 is 0. The van der Waals surface area contributed by atoms with Gasteiger partial charge < -0.3 is 5.32 Å². The van der Waals surface area contributed by atoms with Crippen LogP contribution in [0, 0.1) is 11.3 Å². The standard InChI is InChI=1S/C17H14N2O/c18-11-12-5-4-8-14(9-12)17(20)19-16-10-15(16)13-6-2-1-3-7-13/h1-9,15-16H,10H2,(H,19,20). The molecule has 0 spiro atoms. The van der Waals surface area contributed by atoms with Gasteiger partial charge in [0.25, 0.3) is 5.91 Å². The quantitative estimate of drug-likeness (QED) is 0.924. The number of amides is 1. The Bertz CT molecular complexity index is 673. The second-order valence-electron chi connectivity index (χ2n) is 5.03. The average molecular weight is 262 g/mol. The molecule has 3 heteroatoms. The van der Waals surface area contributed by atoms with Crippen LogP contribution in [0.1, 0.15) is 33.8 Å². The predicted molar refractivity (Wildman–Crippen MR) is 76.2 cm³/mol. The molecule has 3 nitrogen and oxygen atoms in total. The van der Waals surface area contributed by atoms with E-state index in [0.717, 1.165) is 6.42 Å². The normalized spacial score (nSPS) is 19.9. The van der Waals surface area contributed by atoms with E-state index in [9.17, 15) is 4.79 Å². The van der Waals surface area contributed by atoms with Crippen molar-refractivity contribution in [3.05, 3.63) is 71.3 Å². The number of nitrogens with one attached hydrogen (secondary N) is 1. The lowest BCUT2D eigenvalue weighted by Gasteiger charge is -2.05. The van der Waals surface area contributed by atoms with Crippen LogP contribution in [-0.4, -0.2) is 11.9 Å². The fourth-order valence-corrected chi connectivity index (χ4v) is 2.40. The maximum atomic E-state index is 12.1. The highest BCUT2D eigenvalue weighted by molar-refractivity contribution is 5.95. The zero-order chi connectivity index (χ0) is 13.9. The zero-order valence-corrected chi connectivity index (χ0v) is 10.9. The fraction of sp³-hybridized carbons (Fsp3) is 0.176. The van der Waals surface area contributed by atoms with Gasteiger partial charge in [-0.05, 0) is 30.2 Å². The van der Waals surface area contributed by atoms with Crippen molar-refractivity contribution < 1.29 is 4.79 Å². The number of rotatable bonds is 3. The van der Waals surface area contributed by atoms with Gasteiger partial charge >= 0.3 is 0 Å². The number of hydrogen-bond acceptors (Lipinski definition) is 2. The van der Waals surface area contributed by atoms with Crippen molar-refractivity contribution in [2.75, 3.05) is 0 Å². The minimum atomic E-state index is -0.106. The maximum absolute atomic E-state index is 12.1. The highest BCUT2D eigenvalue weighted by Gasteiger charge is 2.39. The van der Waals surface area contributed by atoms with Crippen molar-refractivity contribution in [1.29, 1.82) is 5.26 Å². The lowest BCUT2D eigenvalue weighted by atomic mass is 10.1. The Balaban J connectivity index is 1.65. The molecular weight excluding hydrogens is 248 g/mol. The van der Waals surface area contributed by atoms with Crippen LogP contribution >= 0.6 is 0 Å². The monoisotopic (exact) mass is 262 g/mol. The van der Waals surface area contributed by atoms with Gasteiger partial charge in [0.05, 0.1) is 11.6 Å². The summed E-state index contributed by atoms with van der Waals surface area (Å²) in [5.41, 5.74) is 2.32. The SMILES string of the molecule is N#Cc1cccc(C(=O)NC2CC2c2ccccc2)c1. The number of nitriles is 1. The summed E-state index contributed by atoms with van der Waals surface area (Å²) in [6.07, 6.45) is 0.980. The molecule has 0 aliphatic heterocycles. The molecule has 1 saturated carbocycles. The van der Waals surface area contributed by atoms with Crippen molar-refractivity contribution in [2.45, 2.75) is 18.4 Å².